The van der Waals surface area contributed by atoms with Gasteiger partial charge in [-0.25, -0.2) is 5.48 Å². The Morgan fingerprint density at radius 1 is 1.00 bits per heavy atom. The minimum absolute atomic E-state index is 0.331. The number of halogens is 2. The number of hydroxylamine groups is 1. The highest BCUT2D eigenvalue weighted by molar-refractivity contribution is 6.42. The van der Waals surface area contributed by atoms with Crippen LogP contribution in [0.3, 0.4) is 0 Å². The molecule has 0 radical (unpaired) electrons. The summed E-state index contributed by atoms with van der Waals surface area (Å²) < 4.78 is 0. The van der Waals surface area contributed by atoms with Crippen molar-refractivity contribution in [3.05, 3.63) is 64.1 Å². The fourth-order valence-corrected chi connectivity index (χ4v) is 1.88. The Kier molecular flexibility index (Phi) is 5.77. The van der Waals surface area contributed by atoms with Crippen molar-refractivity contribution in [3.8, 4) is 0 Å². The molecule has 2 N–H and O–H groups in total. The predicted molar refractivity (Wildman–Crippen MR) is 85.0 cm³/mol. The highest BCUT2D eigenvalue weighted by Gasteiger charge is 2.08. The summed E-state index contributed by atoms with van der Waals surface area (Å²) in [5.41, 5.74) is 3.11. The summed E-state index contributed by atoms with van der Waals surface area (Å²) >= 11 is 11.6. The lowest BCUT2D eigenvalue weighted by Crippen LogP contribution is -2.29. The van der Waals surface area contributed by atoms with Crippen molar-refractivity contribution in [2.24, 2.45) is 0 Å². The van der Waals surface area contributed by atoms with Gasteiger partial charge in [0.25, 0.3) is 11.8 Å². The van der Waals surface area contributed by atoms with Gasteiger partial charge < -0.3 is 5.32 Å². The van der Waals surface area contributed by atoms with Crippen LogP contribution in [0.1, 0.15) is 10.4 Å². The zero-order valence-electron chi connectivity index (χ0n) is 11.3. The molecule has 0 saturated carbocycles. The molecule has 0 aromatic heterocycles. The van der Waals surface area contributed by atoms with E-state index in [4.69, 9.17) is 28.0 Å². The molecule has 0 bridgehead atoms. The van der Waals surface area contributed by atoms with Gasteiger partial charge in [0, 0.05) is 11.3 Å². The van der Waals surface area contributed by atoms with Gasteiger partial charge >= 0.3 is 0 Å². The van der Waals surface area contributed by atoms with E-state index in [0.717, 1.165) is 0 Å². The van der Waals surface area contributed by atoms with Gasteiger partial charge in [0.15, 0.2) is 6.61 Å². The number of anilines is 1. The Balaban J connectivity index is 1.78. The summed E-state index contributed by atoms with van der Waals surface area (Å²) in [4.78, 5) is 28.2. The summed E-state index contributed by atoms with van der Waals surface area (Å²) in [5, 5.41) is 3.29. The first-order chi connectivity index (χ1) is 10.6. The van der Waals surface area contributed by atoms with E-state index >= 15 is 0 Å². The third-order valence-electron chi connectivity index (χ3n) is 2.61. The quantitative estimate of drug-likeness (QED) is 0.822. The van der Waals surface area contributed by atoms with Crippen molar-refractivity contribution in [1.82, 2.24) is 5.48 Å². The maximum absolute atomic E-state index is 11.7. The smallest absolute Gasteiger partial charge is 0.274 e. The van der Waals surface area contributed by atoms with Crippen molar-refractivity contribution in [3.63, 3.8) is 0 Å². The van der Waals surface area contributed by atoms with E-state index in [0.29, 0.717) is 21.3 Å². The average Bonchev–Trinajstić information content (AvgIpc) is 2.51. The van der Waals surface area contributed by atoms with Gasteiger partial charge in [0.05, 0.1) is 10.0 Å². The predicted octanol–water partition coefficient (Wildman–Crippen LogP) is 3.29. The van der Waals surface area contributed by atoms with Crippen LogP contribution in [0, 0.1) is 0 Å². The van der Waals surface area contributed by atoms with Crippen molar-refractivity contribution < 1.29 is 14.4 Å². The van der Waals surface area contributed by atoms with Crippen LogP contribution in [0.15, 0.2) is 48.5 Å². The Hall–Kier alpha value is -2.08. The largest absolute Gasteiger partial charge is 0.324 e. The van der Waals surface area contributed by atoms with Crippen LogP contribution in [-0.4, -0.2) is 18.4 Å². The molecular formula is C15H12Cl2N2O3. The number of hydrogen-bond donors (Lipinski definition) is 2. The van der Waals surface area contributed by atoms with Crippen LogP contribution >= 0.6 is 23.2 Å². The zero-order chi connectivity index (χ0) is 15.9. The molecule has 5 nitrogen and oxygen atoms in total. The van der Waals surface area contributed by atoms with Crippen LogP contribution in [0.2, 0.25) is 10.0 Å². The molecule has 114 valence electrons. The summed E-state index contributed by atoms with van der Waals surface area (Å²) in [6.07, 6.45) is 0. The van der Waals surface area contributed by atoms with Crippen molar-refractivity contribution in [2.75, 3.05) is 11.9 Å². The molecule has 0 aliphatic heterocycles. The summed E-state index contributed by atoms with van der Waals surface area (Å²) in [6.45, 7) is -0.335. The van der Waals surface area contributed by atoms with Gasteiger partial charge in [-0.3, -0.25) is 14.4 Å². The highest BCUT2D eigenvalue weighted by atomic mass is 35.5. The average molecular weight is 339 g/mol. The van der Waals surface area contributed by atoms with Gasteiger partial charge in [-0.05, 0) is 30.3 Å². The lowest BCUT2D eigenvalue weighted by Gasteiger charge is -2.08. The maximum atomic E-state index is 11.7. The lowest BCUT2D eigenvalue weighted by atomic mass is 10.2. The molecule has 0 fully saturated rings. The third kappa shape index (κ3) is 4.73. The third-order valence-corrected chi connectivity index (χ3v) is 3.35. The Morgan fingerprint density at radius 3 is 2.41 bits per heavy atom. The molecule has 0 heterocycles. The first kappa shape index (κ1) is 16.3. The second-order valence-electron chi connectivity index (χ2n) is 4.26. The highest BCUT2D eigenvalue weighted by Crippen LogP contribution is 2.24. The second kappa shape index (κ2) is 7.79. The van der Waals surface area contributed by atoms with E-state index < -0.39 is 11.8 Å². The molecule has 2 aromatic rings. The molecular weight excluding hydrogens is 327 g/mol. The number of amides is 2. The Morgan fingerprint density at radius 2 is 1.73 bits per heavy atom. The first-order valence-electron chi connectivity index (χ1n) is 6.28. The molecule has 22 heavy (non-hydrogen) atoms. The minimum Gasteiger partial charge on any atom is -0.324 e. The number of carbonyl (C=O) groups is 2. The molecule has 2 rings (SSSR count). The van der Waals surface area contributed by atoms with Crippen molar-refractivity contribution in [1.29, 1.82) is 0 Å². The van der Waals surface area contributed by atoms with Crippen LogP contribution in [0.4, 0.5) is 5.69 Å². The maximum Gasteiger partial charge on any atom is 0.274 e. The van der Waals surface area contributed by atoms with Gasteiger partial charge in [-0.15, -0.1) is 0 Å². The molecule has 0 aliphatic carbocycles. The van der Waals surface area contributed by atoms with Gasteiger partial charge in [-0.2, -0.15) is 0 Å². The number of rotatable bonds is 5. The van der Waals surface area contributed by atoms with E-state index in [9.17, 15) is 9.59 Å². The standard InChI is InChI=1S/C15H12Cl2N2O3/c16-12-7-6-11(8-13(12)17)18-14(20)9-22-19-15(21)10-4-2-1-3-5-10/h1-8H,9H2,(H,18,20)(H,19,21). The topological polar surface area (TPSA) is 67.4 Å². The minimum atomic E-state index is -0.438. The van der Waals surface area contributed by atoms with Gasteiger partial charge in [-0.1, -0.05) is 41.4 Å². The van der Waals surface area contributed by atoms with Crippen LogP contribution in [-0.2, 0) is 9.63 Å². The molecule has 2 amide bonds. The van der Waals surface area contributed by atoms with E-state index in [-0.39, 0.29) is 6.61 Å². The van der Waals surface area contributed by atoms with Gasteiger partial charge in [0.1, 0.15) is 0 Å². The molecule has 0 atom stereocenters. The number of benzene rings is 2. The summed E-state index contributed by atoms with van der Waals surface area (Å²) in [7, 11) is 0. The molecule has 0 saturated heterocycles. The number of carbonyl (C=O) groups excluding carboxylic acids is 2. The first-order valence-corrected chi connectivity index (χ1v) is 7.04. The van der Waals surface area contributed by atoms with E-state index in [1.807, 2.05) is 0 Å². The molecule has 0 aliphatic rings. The normalized spacial score (nSPS) is 10.1. The van der Waals surface area contributed by atoms with E-state index in [1.54, 1.807) is 42.5 Å². The summed E-state index contributed by atoms with van der Waals surface area (Å²) in [5.74, 6) is -0.866. The Labute approximate surface area is 137 Å². The monoisotopic (exact) mass is 338 g/mol. The molecule has 7 heteroatoms. The van der Waals surface area contributed by atoms with Crippen molar-refractivity contribution in [2.45, 2.75) is 0 Å². The number of hydrogen-bond acceptors (Lipinski definition) is 3. The number of nitrogens with one attached hydrogen (secondary N) is 2. The van der Waals surface area contributed by atoms with Gasteiger partial charge in [0.2, 0.25) is 0 Å². The van der Waals surface area contributed by atoms with Crippen LogP contribution < -0.4 is 10.8 Å². The Bertz CT molecular complexity index is 678. The molecule has 0 spiro atoms. The molecule has 2 aromatic carbocycles. The lowest BCUT2D eigenvalue weighted by molar-refractivity contribution is -0.122. The summed E-state index contributed by atoms with van der Waals surface area (Å²) in [6, 6.07) is 13.2. The SMILES string of the molecule is O=C(CONC(=O)c1ccccc1)Nc1ccc(Cl)c(Cl)c1. The second-order valence-corrected chi connectivity index (χ2v) is 5.08. The zero-order valence-corrected chi connectivity index (χ0v) is 12.8. The van der Waals surface area contributed by atoms with Crippen LogP contribution in [0.25, 0.3) is 0 Å². The van der Waals surface area contributed by atoms with E-state index in [2.05, 4.69) is 10.8 Å². The van der Waals surface area contributed by atoms with E-state index in [1.165, 1.54) is 6.07 Å². The molecule has 0 unspecified atom stereocenters. The van der Waals surface area contributed by atoms with Crippen molar-refractivity contribution >= 4 is 40.7 Å². The fourth-order valence-electron chi connectivity index (χ4n) is 1.59. The van der Waals surface area contributed by atoms with Crippen LogP contribution in [0.5, 0.6) is 0 Å². The fraction of sp³-hybridized carbons (Fsp3) is 0.0667.